The molecule has 10 heteroatoms. The molecule has 3 aromatic carbocycles. The molecule has 1 saturated heterocycles. The van der Waals surface area contributed by atoms with Crippen molar-refractivity contribution in [3.05, 3.63) is 94.5 Å². The largest absolute Gasteiger partial charge is 0.366 e. The highest BCUT2D eigenvalue weighted by molar-refractivity contribution is 7.92. The topological polar surface area (TPSA) is 93.8 Å². The number of carbonyl (C=O) groups excluding carboxylic acids is 1. The zero-order valence-corrected chi connectivity index (χ0v) is 24.2. The summed E-state index contributed by atoms with van der Waals surface area (Å²) in [5.74, 6) is 0.0772. The third kappa shape index (κ3) is 8.23. The summed E-state index contributed by atoms with van der Waals surface area (Å²) in [6.07, 6.45) is 2.64. The predicted molar refractivity (Wildman–Crippen MR) is 168 cm³/mol. The van der Waals surface area contributed by atoms with E-state index in [1.165, 1.54) is 11.1 Å². The molecular formula is C31H40ClN5O3S. The SMILES string of the molecule is C.CS(=O)(=O)Nc1ccccc1N1CCN(C(=O)[C@@H](Cc2ccc(Cl)cc2)NC[C@@H]2Cc3ccccc3CN2)CC1. The zero-order valence-electron chi connectivity index (χ0n) is 22.6. The minimum Gasteiger partial charge on any atom is -0.366 e. The van der Waals surface area contributed by atoms with Crippen molar-refractivity contribution < 1.29 is 13.2 Å². The van der Waals surface area contributed by atoms with Crippen molar-refractivity contribution in [2.24, 2.45) is 0 Å². The monoisotopic (exact) mass is 597 g/mol. The lowest BCUT2D eigenvalue weighted by molar-refractivity contribution is -0.133. The molecule has 5 rings (SSSR count). The van der Waals surface area contributed by atoms with E-state index in [4.69, 9.17) is 11.6 Å². The van der Waals surface area contributed by atoms with Crippen molar-refractivity contribution in [1.82, 2.24) is 15.5 Å². The van der Waals surface area contributed by atoms with Crippen LogP contribution in [-0.4, -0.2) is 70.3 Å². The molecule has 2 aliphatic rings. The number of halogens is 1. The minimum absolute atomic E-state index is 0. The maximum Gasteiger partial charge on any atom is 0.240 e. The number of benzene rings is 3. The fraction of sp³-hybridized carbons (Fsp3) is 0.387. The molecule has 0 aliphatic carbocycles. The quantitative estimate of drug-likeness (QED) is 0.346. The molecule has 0 radical (unpaired) electrons. The summed E-state index contributed by atoms with van der Waals surface area (Å²) in [5.41, 5.74) is 5.11. The van der Waals surface area contributed by atoms with E-state index in [1.807, 2.05) is 47.4 Å². The van der Waals surface area contributed by atoms with E-state index in [-0.39, 0.29) is 25.4 Å². The van der Waals surface area contributed by atoms with Crippen LogP contribution in [0.15, 0.2) is 72.8 Å². The van der Waals surface area contributed by atoms with Crippen LogP contribution in [-0.2, 0) is 34.2 Å². The second kappa shape index (κ2) is 13.7. The maximum atomic E-state index is 13.8. The normalized spacial score (nSPS) is 17.8. The van der Waals surface area contributed by atoms with Gasteiger partial charge in [-0.15, -0.1) is 0 Å². The third-order valence-corrected chi connectivity index (χ3v) is 8.40. The average molecular weight is 598 g/mol. The number of piperazine rings is 1. The zero-order chi connectivity index (χ0) is 28.1. The molecule has 2 atom stereocenters. The Bertz CT molecular complexity index is 1430. The number of sulfonamides is 1. The first kappa shape index (κ1) is 30.8. The minimum atomic E-state index is -3.40. The Morgan fingerprint density at radius 3 is 2.34 bits per heavy atom. The first-order valence-corrected chi connectivity index (χ1v) is 15.9. The van der Waals surface area contributed by atoms with Gasteiger partial charge in [-0.25, -0.2) is 8.42 Å². The molecule has 2 aliphatic heterocycles. The first-order chi connectivity index (χ1) is 19.2. The Labute approximate surface area is 249 Å². The summed E-state index contributed by atoms with van der Waals surface area (Å²) in [6, 6.07) is 23.4. The lowest BCUT2D eigenvalue weighted by atomic mass is 9.95. The molecule has 41 heavy (non-hydrogen) atoms. The van der Waals surface area contributed by atoms with Gasteiger partial charge in [0.25, 0.3) is 0 Å². The van der Waals surface area contributed by atoms with Gasteiger partial charge in [-0.2, -0.15) is 0 Å². The number of anilines is 2. The summed E-state index contributed by atoms with van der Waals surface area (Å²) >= 11 is 6.11. The fourth-order valence-electron chi connectivity index (χ4n) is 5.48. The number of hydrogen-bond acceptors (Lipinski definition) is 6. The third-order valence-electron chi connectivity index (χ3n) is 7.56. The average Bonchev–Trinajstić information content (AvgIpc) is 2.95. The molecule has 3 N–H and O–H groups in total. The van der Waals surface area contributed by atoms with Gasteiger partial charge in [0.05, 0.1) is 23.7 Å². The molecule has 220 valence electrons. The van der Waals surface area contributed by atoms with Crippen LogP contribution in [0.3, 0.4) is 0 Å². The number of nitrogens with one attached hydrogen (secondary N) is 3. The first-order valence-electron chi connectivity index (χ1n) is 13.6. The molecule has 0 spiro atoms. The fourth-order valence-corrected chi connectivity index (χ4v) is 6.17. The van der Waals surface area contributed by atoms with Crippen LogP contribution in [0.5, 0.6) is 0 Å². The predicted octanol–water partition coefficient (Wildman–Crippen LogP) is 3.91. The highest BCUT2D eigenvalue weighted by Gasteiger charge is 2.29. The molecule has 1 amide bonds. The van der Waals surface area contributed by atoms with Gasteiger partial charge in [-0.05, 0) is 53.8 Å². The van der Waals surface area contributed by atoms with E-state index in [1.54, 1.807) is 6.07 Å². The van der Waals surface area contributed by atoms with Crippen LogP contribution in [0.4, 0.5) is 11.4 Å². The van der Waals surface area contributed by atoms with Crippen molar-refractivity contribution in [2.45, 2.75) is 38.9 Å². The van der Waals surface area contributed by atoms with E-state index in [2.05, 4.69) is 44.5 Å². The molecule has 0 bridgehead atoms. The van der Waals surface area contributed by atoms with Gasteiger partial charge in [0.1, 0.15) is 0 Å². The van der Waals surface area contributed by atoms with E-state index in [0.717, 1.165) is 30.5 Å². The van der Waals surface area contributed by atoms with E-state index in [9.17, 15) is 13.2 Å². The lowest BCUT2D eigenvalue weighted by Crippen LogP contribution is -2.56. The summed E-state index contributed by atoms with van der Waals surface area (Å²) in [6.45, 7) is 3.85. The van der Waals surface area contributed by atoms with Gasteiger partial charge in [0.2, 0.25) is 15.9 Å². The second-order valence-electron chi connectivity index (χ2n) is 10.5. The molecule has 1 fully saturated rings. The van der Waals surface area contributed by atoms with E-state index in [0.29, 0.717) is 49.9 Å². The van der Waals surface area contributed by atoms with Gasteiger partial charge in [-0.1, -0.05) is 67.6 Å². The van der Waals surface area contributed by atoms with Crippen LogP contribution >= 0.6 is 11.6 Å². The van der Waals surface area contributed by atoms with Crippen LogP contribution in [0.1, 0.15) is 24.1 Å². The van der Waals surface area contributed by atoms with Crippen molar-refractivity contribution in [3.8, 4) is 0 Å². The highest BCUT2D eigenvalue weighted by atomic mass is 35.5. The summed E-state index contributed by atoms with van der Waals surface area (Å²) in [4.78, 5) is 17.9. The van der Waals surface area contributed by atoms with Gasteiger partial charge >= 0.3 is 0 Å². The van der Waals surface area contributed by atoms with Crippen LogP contribution in [0.2, 0.25) is 5.02 Å². The molecule has 0 aromatic heterocycles. The number of nitrogens with zero attached hydrogens (tertiary/aromatic N) is 2. The van der Waals surface area contributed by atoms with Gasteiger partial charge in [0.15, 0.2) is 0 Å². The standard InChI is InChI=1S/C30H36ClN5O3S.CH4/c1-40(38,39)34-27-8-4-5-9-29(27)35-14-16-36(17-15-35)30(37)28(18-22-10-12-25(31)13-11-22)33-21-26-19-23-6-2-3-7-24(23)20-32-26;/h2-13,26,28,32-34H,14-21H2,1H3;1H4/t26-,28+;/m0./s1. The summed E-state index contributed by atoms with van der Waals surface area (Å²) in [5, 5.41) is 7.86. The van der Waals surface area contributed by atoms with Crippen molar-refractivity contribution in [1.29, 1.82) is 0 Å². The van der Waals surface area contributed by atoms with Crippen LogP contribution < -0.4 is 20.3 Å². The summed E-state index contributed by atoms with van der Waals surface area (Å²) in [7, 11) is -3.40. The Hall–Kier alpha value is -3.11. The van der Waals surface area contributed by atoms with E-state index >= 15 is 0 Å². The van der Waals surface area contributed by atoms with Gasteiger partial charge in [-0.3, -0.25) is 9.52 Å². The smallest absolute Gasteiger partial charge is 0.240 e. The number of para-hydroxylation sites is 2. The lowest BCUT2D eigenvalue weighted by Gasteiger charge is -2.38. The molecular weight excluding hydrogens is 558 g/mol. The molecule has 2 heterocycles. The van der Waals surface area contributed by atoms with Crippen molar-refractivity contribution in [2.75, 3.05) is 48.6 Å². The molecule has 0 unspecified atom stereocenters. The Kier molecular flexibility index (Phi) is 10.3. The van der Waals surface area contributed by atoms with Crippen LogP contribution in [0, 0.1) is 0 Å². The summed E-state index contributed by atoms with van der Waals surface area (Å²) < 4.78 is 26.3. The molecule has 3 aromatic rings. The number of rotatable bonds is 9. The van der Waals surface area contributed by atoms with Gasteiger partial charge < -0.3 is 20.4 Å². The highest BCUT2D eigenvalue weighted by Crippen LogP contribution is 2.27. The van der Waals surface area contributed by atoms with Crippen molar-refractivity contribution >= 4 is 38.9 Å². The van der Waals surface area contributed by atoms with Gasteiger partial charge in [0, 0.05) is 50.3 Å². The van der Waals surface area contributed by atoms with Crippen molar-refractivity contribution in [3.63, 3.8) is 0 Å². The Morgan fingerprint density at radius 2 is 1.63 bits per heavy atom. The van der Waals surface area contributed by atoms with Crippen LogP contribution in [0.25, 0.3) is 0 Å². The molecule has 0 saturated carbocycles. The number of hydrogen-bond donors (Lipinski definition) is 3. The van der Waals surface area contributed by atoms with E-state index < -0.39 is 10.0 Å². The second-order valence-corrected chi connectivity index (χ2v) is 12.7. The number of fused-ring (bicyclic) bond motifs is 1. The number of amides is 1. The number of carbonyl (C=O) groups is 1. The maximum absolute atomic E-state index is 13.8. The Morgan fingerprint density at radius 1 is 0.976 bits per heavy atom. The Balaban J connectivity index is 0.00000387. The molecule has 8 nitrogen and oxygen atoms in total.